The Morgan fingerprint density at radius 2 is 2.20 bits per heavy atom. The van der Waals surface area contributed by atoms with E-state index in [4.69, 9.17) is 23.8 Å². The van der Waals surface area contributed by atoms with E-state index in [0.717, 1.165) is 30.5 Å². The molecule has 3 rings (SSSR count). The number of fused-ring (bicyclic) bond motifs is 1. The summed E-state index contributed by atoms with van der Waals surface area (Å²) in [6.45, 7) is 4.27. The maximum absolute atomic E-state index is 13.8. The van der Waals surface area contributed by atoms with Gasteiger partial charge in [0.1, 0.15) is 5.82 Å². The van der Waals surface area contributed by atoms with Crippen LogP contribution in [0.15, 0.2) is 12.1 Å². The van der Waals surface area contributed by atoms with Crippen LogP contribution in [0.4, 0.5) is 4.39 Å². The molecule has 0 amide bonds. The highest BCUT2D eigenvalue weighted by molar-refractivity contribution is 7.71. The van der Waals surface area contributed by atoms with Gasteiger partial charge in [-0.3, -0.25) is 0 Å². The third kappa shape index (κ3) is 2.28. The Morgan fingerprint density at radius 3 is 2.90 bits per heavy atom. The van der Waals surface area contributed by atoms with Gasteiger partial charge in [0, 0.05) is 18.7 Å². The molecule has 1 aliphatic heterocycles. The molecule has 6 heteroatoms. The standard InChI is InChI=1S/C14H17ClFN3S/c1-8-7-18(2)4-3-12(8)19-13-6-10(16)9(15)5-11(13)17-14(19)20/h5-6,8,12H,3-4,7H2,1-2H3,(H,17,20). The zero-order valence-corrected chi connectivity index (χ0v) is 13.1. The molecule has 3 nitrogen and oxygen atoms in total. The molecule has 1 fully saturated rings. The number of H-pyrrole nitrogens is 1. The van der Waals surface area contributed by atoms with E-state index in [2.05, 4.69) is 28.4 Å². The summed E-state index contributed by atoms with van der Waals surface area (Å²) in [6, 6.07) is 3.39. The van der Waals surface area contributed by atoms with E-state index in [1.807, 2.05) is 0 Å². The van der Waals surface area contributed by atoms with Gasteiger partial charge in [0.05, 0.1) is 16.1 Å². The monoisotopic (exact) mass is 313 g/mol. The van der Waals surface area contributed by atoms with E-state index in [0.29, 0.717) is 16.7 Å². The largest absolute Gasteiger partial charge is 0.331 e. The minimum absolute atomic E-state index is 0.123. The van der Waals surface area contributed by atoms with Crippen molar-refractivity contribution in [3.05, 3.63) is 27.7 Å². The van der Waals surface area contributed by atoms with E-state index in [1.54, 1.807) is 6.07 Å². The van der Waals surface area contributed by atoms with Gasteiger partial charge in [0.25, 0.3) is 0 Å². The van der Waals surface area contributed by atoms with Gasteiger partial charge in [-0.2, -0.15) is 0 Å². The molecule has 0 radical (unpaired) electrons. The topological polar surface area (TPSA) is 24.0 Å². The Balaban J connectivity index is 2.13. The number of aromatic nitrogens is 2. The Bertz CT molecular complexity index is 708. The van der Waals surface area contributed by atoms with Crippen molar-refractivity contribution in [3.8, 4) is 0 Å². The SMILES string of the molecule is CC1CN(C)CCC1n1c(=S)[nH]c2cc(Cl)c(F)cc21. The van der Waals surface area contributed by atoms with Gasteiger partial charge < -0.3 is 14.5 Å². The zero-order valence-electron chi connectivity index (χ0n) is 11.5. The number of nitrogens with one attached hydrogen (secondary N) is 1. The van der Waals surface area contributed by atoms with Crippen molar-refractivity contribution in [1.29, 1.82) is 0 Å². The fourth-order valence-electron chi connectivity index (χ4n) is 3.18. The van der Waals surface area contributed by atoms with E-state index < -0.39 is 5.82 Å². The van der Waals surface area contributed by atoms with E-state index >= 15 is 0 Å². The minimum atomic E-state index is -0.400. The van der Waals surface area contributed by atoms with Gasteiger partial charge in [-0.05, 0) is 44.2 Å². The molecule has 0 bridgehead atoms. The van der Waals surface area contributed by atoms with Crippen molar-refractivity contribution in [2.45, 2.75) is 19.4 Å². The number of imidazole rings is 1. The second-order valence-electron chi connectivity index (χ2n) is 5.68. The van der Waals surface area contributed by atoms with E-state index in [1.165, 1.54) is 6.07 Å². The molecule has 1 aromatic carbocycles. The molecular formula is C14H17ClFN3S. The lowest BCUT2D eigenvalue weighted by atomic mass is 9.94. The van der Waals surface area contributed by atoms with Crippen molar-refractivity contribution in [2.24, 2.45) is 5.92 Å². The average Bonchev–Trinajstić information content (AvgIpc) is 2.66. The highest BCUT2D eigenvalue weighted by Gasteiger charge is 2.27. The normalized spacial score (nSPS) is 24.4. The fourth-order valence-corrected chi connectivity index (χ4v) is 3.68. The molecule has 1 aliphatic rings. The number of piperidine rings is 1. The Hall–Kier alpha value is -0.910. The van der Waals surface area contributed by atoms with Crippen LogP contribution in [0.3, 0.4) is 0 Å². The van der Waals surface area contributed by atoms with Crippen LogP contribution in [0, 0.1) is 16.5 Å². The molecule has 1 aromatic heterocycles. The molecule has 20 heavy (non-hydrogen) atoms. The van der Waals surface area contributed by atoms with Crippen LogP contribution in [-0.4, -0.2) is 34.6 Å². The predicted octanol–water partition coefficient (Wildman–Crippen LogP) is 4.00. The summed E-state index contributed by atoms with van der Waals surface area (Å²) in [6.07, 6.45) is 1.02. The maximum Gasteiger partial charge on any atom is 0.178 e. The number of nitrogens with zero attached hydrogens (tertiary/aromatic N) is 2. The first kappa shape index (κ1) is 14.0. The summed E-state index contributed by atoms with van der Waals surface area (Å²) in [5, 5.41) is 0.123. The highest BCUT2D eigenvalue weighted by Crippen LogP contribution is 2.32. The molecule has 2 heterocycles. The average molecular weight is 314 g/mol. The quantitative estimate of drug-likeness (QED) is 0.804. The number of likely N-dealkylation sites (tertiary alicyclic amines) is 1. The third-order valence-electron chi connectivity index (χ3n) is 4.15. The van der Waals surface area contributed by atoms with Crippen LogP contribution in [0.5, 0.6) is 0 Å². The molecule has 1 N–H and O–H groups in total. The van der Waals surface area contributed by atoms with Crippen molar-refractivity contribution in [3.63, 3.8) is 0 Å². The van der Waals surface area contributed by atoms with Crippen molar-refractivity contribution >= 4 is 34.9 Å². The lowest BCUT2D eigenvalue weighted by Gasteiger charge is -2.35. The number of hydrogen-bond donors (Lipinski definition) is 1. The lowest BCUT2D eigenvalue weighted by molar-refractivity contribution is 0.160. The van der Waals surface area contributed by atoms with Crippen LogP contribution in [-0.2, 0) is 0 Å². The lowest BCUT2D eigenvalue weighted by Crippen LogP contribution is -2.37. The smallest absolute Gasteiger partial charge is 0.178 e. The molecular weight excluding hydrogens is 297 g/mol. The van der Waals surface area contributed by atoms with Crippen LogP contribution >= 0.6 is 23.8 Å². The Kier molecular flexibility index (Phi) is 3.60. The Labute approximate surface area is 127 Å². The summed E-state index contributed by atoms with van der Waals surface area (Å²) in [4.78, 5) is 5.45. The number of benzene rings is 1. The van der Waals surface area contributed by atoms with E-state index in [9.17, 15) is 4.39 Å². The summed E-state index contributed by atoms with van der Waals surface area (Å²) >= 11 is 11.3. The van der Waals surface area contributed by atoms with Crippen LogP contribution in [0.25, 0.3) is 11.0 Å². The number of halogens is 2. The molecule has 0 saturated carbocycles. The predicted molar refractivity (Wildman–Crippen MR) is 82.4 cm³/mol. The molecule has 2 aromatic rings. The van der Waals surface area contributed by atoms with Gasteiger partial charge >= 0.3 is 0 Å². The summed E-state index contributed by atoms with van der Waals surface area (Å²) in [5.41, 5.74) is 1.60. The molecule has 1 saturated heterocycles. The number of hydrogen-bond acceptors (Lipinski definition) is 2. The van der Waals surface area contributed by atoms with Crippen molar-refractivity contribution in [2.75, 3.05) is 20.1 Å². The first-order valence-corrected chi connectivity index (χ1v) is 7.54. The summed E-state index contributed by atoms with van der Waals surface area (Å²) in [7, 11) is 2.13. The van der Waals surface area contributed by atoms with Gasteiger partial charge in [0.2, 0.25) is 0 Å². The van der Waals surface area contributed by atoms with Gasteiger partial charge in [0.15, 0.2) is 4.77 Å². The first-order chi connectivity index (χ1) is 9.47. The first-order valence-electron chi connectivity index (χ1n) is 6.75. The number of aromatic amines is 1. The van der Waals surface area contributed by atoms with Crippen molar-refractivity contribution in [1.82, 2.24) is 14.5 Å². The van der Waals surface area contributed by atoms with Gasteiger partial charge in [-0.25, -0.2) is 4.39 Å². The highest BCUT2D eigenvalue weighted by atomic mass is 35.5. The Morgan fingerprint density at radius 1 is 1.45 bits per heavy atom. The van der Waals surface area contributed by atoms with Crippen LogP contribution < -0.4 is 0 Å². The van der Waals surface area contributed by atoms with Crippen molar-refractivity contribution < 1.29 is 4.39 Å². The maximum atomic E-state index is 13.8. The molecule has 0 spiro atoms. The van der Waals surface area contributed by atoms with E-state index in [-0.39, 0.29) is 5.02 Å². The number of rotatable bonds is 1. The third-order valence-corrected chi connectivity index (χ3v) is 4.74. The second-order valence-corrected chi connectivity index (χ2v) is 6.47. The second kappa shape index (κ2) is 5.13. The summed E-state index contributed by atoms with van der Waals surface area (Å²) in [5.74, 6) is 0.0701. The molecule has 108 valence electrons. The molecule has 2 atom stereocenters. The summed E-state index contributed by atoms with van der Waals surface area (Å²) < 4.78 is 16.5. The minimum Gasteiger partial charge on any atom is -0.331 e. The zero-order chi connectivity index (χ0) is 14.4. The fraction of sp³-hybridized carbons (Fsp3) is 0.500. The van der Waals surface area contributed by atoms with Crippen LogP contribution in [0.2, 0.25) is 5.02 Å². The van der Waals surface area contributed by atoms with Crippen LogP contribution in [0.1, 0.15) is 19.4 Å². The molecule has 2 unspecified atom stereocenters. The van der Waals surface area contributed by atoms with Gasteiger partial charge in [-0.15, -0.1) is 0 Å². The molecule has 0 aliphatic carbocycles. The van der Waals surface area contributed by atoms with Gasteiger partial charge in [-0.1, -0.05) is 18.5 Å².